The van der Waals surface area contributed by atoms with Crippen molar-refractivity contribution in [1.82, 2.24) is 14.6 Å². The van der Waals surface area contributed by atoms with Crippen molar-refractivity contribution >= 4 is 17.5 Å². The van der Waals surface area contributed by atoms with Crippen molar-refractivity contribution in [3.05, 3.63) is 60.3 Å². The number of aromatic nitrogens is 3. The van der Waals surface area contributed by atoms with E-state index in [0.717, 1.165) is 0 Å². The number of fused-ring (bicyclic) bond motifs is 1. The predicted molar refractivity (Wildman–Crippen MR) is 67.4 cm³/mol. The summed E-state index contributed by atoms with van der Waals surface area (Å²) in [6, 6.07) is 14.5. The summed E-state index contributed by atoms with van der Waals surface area (Å²) in [5, 5.41) is 10.6. The summed E-state index contributed by atoms with van der Waals surface area (Å²) in [4.78, 5) is 12.0. The normalized spacial score (nSPS) is 10.4. The van der Waals surface area contributed by atoms with Gasteiger partial charge in [0.15, 0.2) is 5.65 Å². The largest absolute Gasteiger partial charge is 0.290 e. The van der Waals surface area contributed by atoms with Gasteiger partial charge in [-0.1, -0.05) is 24.3 Å². The molecule has 1 aromatic carbocycles. The smallest absolute Gasteiger partial charge is 0.258 e. The van der Waals surface area contributed by atoms with Crippen LogP contribution in [0.25, 0.3) is 5.65 Å². The van der Waals surface area contributed by atoms with Gasteiger partial charge in [0.25, 0.3) is 5.91 Å². The molecule has 5 nitrogen and oxygen atoms in total. The minimum absolute atomic E-state index is 0.200. The van der Waals surface area contributed by atoms with E-state index >= 15 is 0 Å². The minimum Gasteiger partial charge on any atom is -0.290 e. The second-order valence-electron chi connectivity index (χ2n) is 3.77. The summed E-state index contributed by atoms with van der Waals surface area (Å²) in [5.74, 6) is 0.216. The molecule has 0 aliphatic rings. The molecule has 3 aromatic rings. The average Bonchev–Trinajstić information content (AvgIpc) is 2.83. The summed E-state index contributed by atoms with van der Waals surface area (Å²) in [7, 11) is 0. The van der Waals surface area contributed by atoms with E-state index in [2.05, 4.69) is 15.5 Å². The Labute approximate surface area is 103 Å². The number of hydrogen-bond acceptors (Lipinski definition) is 3. The molecular formula is C13H10N4O. The van der Waals surface area contributed by atoms with E-state index in [1.165, 1.54) is 0 Å². The van der Waals surface area contributed by atoms with E-state index in [4.69, 9.17) is 0 Å². The number of pyridine rings is 1. The SMILES string of the molecule is O=C(Nc1nnc2ccccn12)c1ccccc1. The Balaban J connectivity index is 1.91. The lowest BCUT2D eigenvalue weighted by Crippen LogP contribution is -2.13. The maximum Gasteiger partial charge on any atom is 0.258 e. The lowest BCUT2D eigenvalue weighted by molar-refractivity contribution is 0.102. The van der Waals surface area contributed by atoms with Gasteiger partial charge in [0.2, 0.25) is 5.95 Å². The third-order valence-electron chi connectivity index (χ3n) is 2.58. The Hall–Kier alpha value is -2.69. The van der Waals surface area contributed by atoms with Gasteiger partial charge in [0, 0.05) is 11.8 Å². The Bertz CT molecular complexity index is 690. The Morgan fingerprint density at radius 2 is 1.78 bits per heavy atom. The van der Waals surface area contributed by atoms with Crippen LogP contribution in [0.3, 0.4) is 0 Å². The molecule has 0 spiro atoms. The number of anilines is 1. The molecule has 0 radical (unpaired) electrons. The Kier molecular flexibility index (Phi) is 2.49. The van der Waals surface area contributed by atoms with Crippen LogP contribution in [0.2, 0.25) is 0 Å². The third kappa shape index (κ3) is 1.82. The van der Waals surface area contributed by atoms with Gasteiger partial charge < -0.3 is 0 Å². The molecule has 0 aliphatic heterocycles. The summed E-state index contributed by atoms with van der Waals surface area (Å²) >= 11 is 0. The molecule has 0 fully saturated rings. The third-order valence-corrected chi connectivity index (χ3v) is 2.58. The van der Waals surface area contributed by atoms with E-state index in [0.29, 0.717) is 17.2 Å². The average molecular weight is 238 g/mol. The molecule has 2 heterocycles. The van der Waals surface area contributed by atoms with E-state index in [1.54, 1.807) is 22.7 Å². The molecule has 1 N–H and O–H groups in total. The summed E-state index contributed by atoms with van der Waals surface area (Å²) in [5.41, 5.74) is 1.28. The number of nitrogens with zero attached hydrogens (tertiary/aromatic N) is 3. The molecule has 2 aromatic heterocycles. The summed E-state index contributed by atoms with van der Waals surface area (Å²) < 4.78 is 1.72. The number of carbonyl (C=O) groups is 1. The summed E-state index contributed by atoms with van der Waals surface area (Å²) in [6.07, 6.45) is 1.80. The standard InChI is InChI=1S/C13H10N4O/c18-12(10-6-2-1-3-7-10)14-13-16-15-11-8-4-5-9-17(11)13/h1-9H,(H,14,16,18). The molecule has 0 unspecified atom stereocenters. The van der Waals surface area contributed by atoms with Crippen LogP contribution >= 0.6 is 0 Å². The molecule has 18 heavy (non-hydrogen) atoms. The van der Waals surface area contributed by atoms with Crippen molar-refractivity contribution in [2.24, 2.45) is 0 Å². The van der Waals surface area contributed by atoms with Gasteiger partial charge in [0.1, 0.15) is 0 Å². The zero-order valence-corrected chi connectivity index (χ0v) is 9.45. The van der Waals surface area contributed by atoms with Crippen LogP contribution in [0.4, 0.5) is 5.95 Å². The van der Waals surface area contributed by atoms with Crippen LogP contribution in [-0.2, 0) is 0 Å². The lowest BCUT2D eigenvalue weighted by atomic mass is 10.2. The second-order valence-corrected chi connectivity index (χ2v) is 3.77. The fourth-order valence-electron chi connectivity index (χ4n) is 1.69. The van der Waals surface area contributed by atoms with Crippen LogP contribution < -0.4 is 5.32 Å². The Morgan fingerprint density at radius 3 is 2.61 bits per heavy atom. The van der Waals surface area contributed by atoms with Crippen LogP contribution in [0.1, 0.15) is 10.4 Å². The van der Waals surface area contributed by atoms with Gasteiger partial charge in [-0.05, 0) is 24.3 Å². The zero-order valence-electron chi connectivity index (χ0n) is 9.45. The van der Waals surface area contributed by atoms with Crippen LogP contribution in [0.15, 0.2) is 54.7 Å². The molecule has 0 saturated carbocycles. The molecule has 0 bridgehead atoms. The number of benzene rings is 1. The van der Waals surface area contributed by atoms with Crippen LogP contribution in [0.5, 0.6) is 0 Å². The van der Waals surface area contributed by atoms with E-state index in [9.17, 15) is 4.79 Å². The number of amides is 1. The highest BCUT2D eigenvalue weighted by atomic mass is 16.1. The van der Waals surface area contributed by atoms with E-state index in [1.807, 2.05) is 36.4 Å². The first-order valence-electron chi connectivity index (χ1n) is 5.51. The summed E-state index contributed by atoms with van der Waals surface area (Å²) in [6.45, 7) is 0. The first-order chi connectivity index (χ1) is 8.84. The Morgan fingerprint density at radius 1 is 1.00 bits per heavy atom. The lowest BCUT2D eigenvalue weighted by Gasteiger charge is -2.02. The quantitative estimate of drug-likeness (QED) is 0.742. The zero-order chi connectivity index (χ0) is 12.4. The first kappa shape index (κ1) is 10.5. The van der Waals surface area contributed by atoms with Crippen molar-refractivity contribution in [3.63, 3.8) is 0 Å². The van der Waals surface area contributed by atoms with Gasteiger partial charge in [-0.2, -0.15) is 0 Å². The fraction of sp³-hybridized carbons (Fsp3) is 0. The number of carbonyl (C=O) groups excluding carboxylic acids is 1. The molecule has 3 rings (SSSR count). The van der Waals surface area contributed by atoms with Gasteiger partial charge in [-0.25, -0.2) is 0 Å². The molecule has 5 heteroatoms. The van der Waals surface area contributed by atoms with Crippen molar-refractivity contribution in [3.8, 4) is 0 Å². The van der Waals surface area contributed by atoms with Gasteiger partial charge in [-0.15, -0.1) is 10.2 Å². The highest BCUT2D eigenvalue weighted by Crippen LogP contribution is 2.09. The van der Waals surface area contributed by atoms with Gasteiger partial charge in [0.05, 0.1) is 0 Å². The molecular weight excluding hydrogens is 228 g/mol. The van der Waals surface area contributed by atoms with E-state index < -0.39 is 0 Å². The maximum atomic E-state index is 12.0. The van der Waals surface area contributed by atoms with Crippen LogP contribution in [-0.4, -0.2) is 20.5 Å². The molecule has 1 amide bonds. The van der Waals surface area contributed by atoms with Gasteiger partial charge >= 0.3 is 0 Å². The first-order valence-corrected chi connectivity index (χ1v) is 5.51. The van der Waals surface area contributed by atoms with Crippen molar-refractivity contribution < 1.29 is 4.79 Å². The molecule has 0 aliphatic carbocycles. The monoisotopic (exact) mass is 238 g/mol. The number of rotatable bonds is 2. The second kappa shape index (κ2) is 4.29. The number of hydrogen-bond donors (Lipinski definition) is 1. The number of nitrogens with one attached hydrogen (secondary N) is 1. The van der Waals surface area contributed by atoms with E-state index in [-0.39, 0.29) is 5.91 Å². The highest BCUT2D eigenvalue weighted by molar-refractivity contribution is 6.03. The fourth-order valence-corrected chi connectivity index (χ4v) is 1.69. The van der Waals surface area contributed by atoms with Crippen LogP contribution in [0, 0.1) is 0 Å². The minimum atomic E-state index is -0.200. The molecule has 0 saturated heterocycles. The van der Waals surface area contributed by atoms with Crippen molar-refractivity contribution in [1.29, 1.82) is 0 Å². The molecule has 88 valence electrons. The maximum absolute atomic E-state index is 12.0. The molecule has 0 atom stereocenters. The van der Waals surface area contributed by atoms with Crippen molar-refractivity contribution in [2.45, 2.75) is 0 Å². The van der Waals surface area contributed by atoms with Crippen molar-refractivity contribution in [2.75, 3.05) is 5.32 Å². The van der Waals surface area contributed by atoms with Gasteiger partial charge in [-0.3, -0.25) is 14.5 Å². The topological polar surface area (TPSA) is 59.3 Å². The predicted octanol–water partition coefficient (Wildman–Crippen LogP) is 1.98. The highest BCUT2D eigenvalue weighted by Gasteiger charge is 2.09.